The summed E-state index contributed by atoms with van der Waals surface area (Å²) in [6.07, 6.45) is 0. The van der Waals surface area contributed by atoms with E-state index in [1.165, 1.54) is 27.9 Å². The SMILES string of the molecule is c1ccc(-c2cccc(-c3ccccc3)c2N2CN(c3cccc(Oc4ccc5c6ccccc6n(-c6nc7ccccc7n6-c6ccccc6)c5c4)c3)c3ccccc32)cc1. The number of hydrogen-bond donors (Lipinski definition) is 0. The third kappa shape index (κ3) is 5.92. The topological polar surface area (TPSA) is 38.5 Å². The molecule has 294 valence electrons. The predicted molar refractivity (Wildman–Crippen MR) is 255 cm³/mol. The van der Waals surface area contributed by atoms with Gasteiger partial charge in [-0.15, -0.1) is 0 Å². The van der Waals surface area contributed by atoms with E-state index < -0.39 is 0 Å². The lowest BCUT2D eigenvalue weighted by Crippen LogP contribution is -2.24. The first-order valence-corrected chi connectivity index (χ1v) is 21.0. The zero-order valence-electron chi connectivity index (χ0n) is 33.7. The Bertz CT molecular complexity index is 3370. The molecular weight excluding hydrogens is 759 g/mol. The van der Waals surface area contributed by atoms with Crippen LogP contribution in [0.4, 0.5) is 22.7 Å². The smallest absolute Gasteiger partial charge is 0.220 e. The maximum Gasteiger partial charge on any atom is 0.220 e. The molecule has 3 heterocycles. The Morgan fingerprint density at radius 3 is 1.69 bits per heavy atom. The number of fused-ring (bicyclic) bond motifs is 5. The molecule has 9 aromatic carbocycles. The van der Waals surface area contributed by atoms with Crippen LogP contribution in [0.25, 0.3) is 66.7 Å². The number of nitrogens with zero attached hydrogens (tertiary/aromatic N) is 5. The van der Waals surface area contributed by atoms with Crippen molar-refractivity contribution in [3.05, 3.63) is 224 Å². The minimum absolute atomic E-state index is 0.626. The molecule has 0 saturated carbocycles. The molecule has 0 radical (unpaired) electrons. The third-order valence-electron chi connectivity index (χ3n) is 12.0. The Hall–Kier alpha value is -8.35. The number of para-hydroxylation sites is 7. The molecule has 2 aromatic heterocycles. The molecule has 1 aliphatic heterocycles. The van der Waals surface area contributed by atoms with Crippen LogP contribution in [0.1, 0.15) is 0 Å². The second-order valence-corrected chi connectivity index (χ2v) is 15.6. The first-order valence-electron chi connectivity index (χ1n) is 21.0. The van der Waals surface area contributed by atoms with Crippen LogP contribution >= 0.6 is 0 Å². The summed E-state index contributed by atoms with van der Waals surface area (Å²) in [5.74, 6) is 2.32. The van der Waals surface area contributed by atoms with E-state index in [-0.39, 0.29) is 0 Å². The van der Waals surface area contributed by atoms with Gasteiger partial charge in [0, 0.05) is 45.4 Å². The number of ether oxygens (including phenoxy) is 1. The van der Waals surface area contributed by atoms with Gasteiger partial charge in [0.1, 0.15) is 18.2 Å². The summed E-state index contributed by atoms with van der Waals surface area (Å²) >= 11 is 0. The van der Waals surface area contributed by atoms with Crippen molar-refractivity contribution >= 4 is 55.6 Å². The van der Waals surface area contributed by atoms with E-state index in [0.717, 1.165) is 73.0 Å². The fraction of sp³-hybridized carbons (Fsp3) is 0.0179. The van der Waals surface area contributed by atoms with E-state index in [4.69, 9.17) is 9.72 Å². The summed E-state index contributed by atoms with van der Waals surface area (Å²) < 4.78 is 11.3. The first-order chi connectivity index (χ1) is 30.8. The lowest BCUT2D eigenvalue weighted by atomic mass is 9.95. The molecule has 12 rings (SSSR count). The van der Waals surface area contributed by atoms with Crippen LogP contribution in [0.2, 0.25) is 0 Å². The summed E-state index contributed by atoms with van der Waals surface area (Å²) in [5, 5.41) is 2.29. The Kier molecular flexibility index (Phi) is 8.45. The molecule has 11 aromatic rings. The quantitative estimate of drug-likeness (QED) is 0.153. The lowest BCUT2D eigenvalue weighted by molar-refractivity contribution is 0.483. The molecule has 0 spiro atoms. The van der Waals surface area contributed by atoms with Gasteiger partial charge in [-0.05, 0) is 77.9 Å². The zero-order valence-corrected chi connectivity index (χ0v) is 33.7. The molecule has 6 heteroatoms. The molecule has 1 aliphatic rings. The van der Waals surface area contributed by atoms with Gasteiger partial charge < -0.3 is 14.5 Å². The second kappa shape index (κ2) is 14.7. The molecule has 0 atom stereocenters. The Morgan fingerprint density at radius 2 is 0.952 bits per heavy atom. The molecule has 0 saturated heterocycles. The fourth-order valence-corrected chi connectivity index (χ4v) is 9.24. The highest BCUT2D eigenvalue weighted by Gasteiger charge is 2.31. The largest absolute Gasteiger partial charge is 0.457 e. The van der Waals surface area contributed by atoms with E-state index in [1.54, 1.807) is 0 Å². The normalized spacial score (nSPS) is 12.4. The van der Waals surface area contributed by atoms with E-state index in [0.29, 0.717) is 6.67 Å². The van der Waals surface area contributed by atoms with E-state index in [1.807, 2.05) is 18.2 Å². The van der Waals surface area contributed by atoms with Crippen molar-refractivity contribution in [1.82, 2.24) is 14.1 Å². The molecular formula is C56H39N5O. The van der Waals surface area contributed by atoms with Gasteiger partial charge in [0.15, 0.2) is 0 Å². The molecule has 62 heavy (non-hydrogen) atoms. The summed E-state index contributed by atoms with van der Waals surface area (Å²) in [6.45, 7) is 0.626. The van der Waals surface area contributed by atoms with Gasteiger partial charge in [-0.2, -0.15) is 0 Å². The van der Waals surface area contributed by atoms with Crippen LogP contribution in [0.5, 0.6) is 11.5 Å². The highest BCUT2D eigenvalue weighted by molar-refractivity contribution is 6.09. The monoisotopic (exact) mass is 797 g/mol. The van der Waals surface area contributed by atoms with Gasteiger partial charge in [0.2, 0.25) is 5.95 Å². The number of imidazole rings is 1. The number of anilines is 4. The maximum atomic E-state index is 6.82. The molecule has 0 unspecified atom stereocenters. The van der Waals surface area contributed by atoms with Crippen molar-refractivity contribution in [2.75, 3.05) is 16.5 Å². The van der Waals surface area contributed by atoms with Gasteiger partial charge in [-0.3, -0.25) is 9.13 Å². The van der Waals surface area contributed by atoms with E-state index in [9.17, 15) is 0 Å². The number of benzene rings is 9. The predicted octanol–water partition coefficient (Wildman–Crippen LogP) is 14.5. The average molecular weight is 798 g/mol. The summed E-state index contributed by atoms with van der Waals surface area (Å²) in [6, 6.07) is 78.9. The third-order valence-corrected chi connectivity index (χ3v) is 12.0. The minimum atomic E-state index is 0.626. The zero-order chi connectivity index (χ0) is 41.0. The fourth-order valence-electron chi connectivity index (χ4n) is 9.24. The highest BCUT2D eigenvalue weighted by atomic mass is 16.5. The highest BCUT2D eigenvalue weighted by Crippen LogP contribution is 2.50. The Morgan fingerprint density at radius 1 is 0.387 bits per heavy atom. The standard InChI is InChI=1S/C56H39N5O/c1-4-18-39(19-5-1)45-27-17-28-46(40-20-6-2-7-21-40)55(45)59-38-58(52-32-14-15-33-53(52)59)42-24-16-25-43(36-42)62-44-34-35-48-47-26-10-12-30-50(47)61(54(48)37-44)56-57-49-29-11-13-31-51(49)60(56)41-22-8-3-9-23-41/h1-37H,38H2. The van der Waals surface area contributed by atoms with Gasteiger partial charge in [-0.1, -0.05) is 146 Å². The van der Waals surface area contributed by atoms with Crippen molar-refractivity contribution < 1.29 is 4.74 Å². The number of hydrogen-bond acceptors (Lipinski definition) is 4. The van der Waals surface area contributed by atoms with Crippen LogP contribution in [-0.2, 0) is 0 Å². The molecule has 0 bridgehead atoms. The maximum absolute atomic E-state index is 6.82. The van der Waals surface area contributed by atoms with Crippen LogP contribution < -0.4 is 14.5 Å². The van der Waals surface area contributed by atoms with Gasteiger partial charge in [0.25, 0.3) is 0 Å². The van der Waals surface area contributed by atoms with Crippen LogP contribution in [0.15, 0.2) is 224 Å². The van der Waals surface area contributed by atoms with Crippen LogP contribution in [0, 0.1) is 0 Å². The van der Waals surface area contributed by atoms with Crippen molar-refractivity contribution in [1.29, 1.82) is 0 Å². The van der Waals surface area contributed by atoms with Crippen molar-refractivity contribution in [2.24, 2.45) is 0 Å². The number of rotatable bonds is 8. The van der Waals surface area contributed by atoms with Gasteiger partial charge in [0.05, 0.1) is 39.1 Å². The Balaban J connectivity index is 0.944. The second-order valence-electron chi connectivity index (χ2n) is 15.6. The van der Waals surface area contributed by atoms with Gasteiger partial charge in [-0.25, -0.2) is 4.98 Å². The first kappa shape index (κ1) is 35.6. The summed E-state index contributed by atoms with van der Waals surface area (Å²) in [7, 11) is 0. The van der Waals surface area contributed by atoms with E-state index in [2.05, 4.69) is 225 Å². The van der Waals surface area contributed by atoms with Crippen molar-refractivity contribution in [3.8, 4) is 45.4 Å². The lowest BCUT2D eigenvalue weighted by Gasteiger charge is -2.27. The molecule has 0 N–H and O–H groups in total. The molecule has 0 amide bonds. The van der Waals surface area contributed by atoms with Crippen molar-refractivity contribution in [2.45, 2.75) is 0 Å². The number of aromatic nitrogens is 3. The van der Waals surface area contributed by atoms with Crippen LogP contribution in [0.3, 0.4) is 0 Å². The van der Waals surface area contributed by atoms with Gasteiger partial charge >= 0.3 is 0 Å². The molecule has 0 aliphatic carbocycles. The summed E-state index contributed by atoms with van der Waals surface area (Å²) in [5.41, 5.74) is 14.4. The van der Waals surface area contributed by atoms with E-state index >= 15 is 0 Å². The Labute approximate surface area is 359 Å². The average Bonchev–Trinajstić information content (AvgIpc) is 4.02. The van der Waals surface area contributed by atoms with Crippen LogP contribution in [-0.4, -0.2) is 20.8 Å². The molecule has 0 fully saturated rings. The summed E-state index contributed by atoms with van der Waals surface area (Å²) in [4.78, 5) is 10.1. The van der Waals surface area contributed by atoms with Crippen molar-refractivity contribution in [3.63, 3.8) is 0 Å². The minimum Gasteiger partial charge on any atom is -0.457 e. The molecule has 6 nitrogen and oxygen atoms in total.